The molecular weight excluding hydrogens is 186 g/mol. The molecule has 13 heavy (non-hydrogen) atoms. The summed E-state index contributed by atoms with van der Waals surface area (Å²) in [6.07, 6.45) is -0.194. The lowest BCUT2D eigenvalue weighted by molar-refractivity contribution is -0.00769. The number of rotatable bonds is 1. The predicted molar refractivity (Wildman–Crippen MR) is 53.0 cm³/mol. The highest BCUT2D eigenvalue weighted by Gasteiger charge is 2.40. The Kier molecular flexibility index (Phi) is 2.72. The molecule has 2 aliphatic heterocycles. The van der Waals surface area contributed by atoms with Gasteiger partial charge in [0.2, 0.25) is 0 Å². The third-order valence-electron chi connectivity index (χ3n) is 3.20. The first-order valence-electron chi connectivity index (χ1n) is 4.96. The van der Waals surface area contributed by atoms with E-state index in [9.17, 15) is 9.32 Å². The number of nitrogens with zero attached hydrogens (tertiary/aromatic N) is 1. The second kappa shape index (κ2) is 3.67. The van der Waals surface area contributed by atoms with Gasteiger partial charge in [-0.15, -0.1) is 0 Å². The van der Waals surface area contributed by atoms with Gasteiger partial charge in [0.05, 0.1) is 6.10 Å². The molecule has 2 saturated heterocycles. The molecule has 0 aromatic rings. The Hall–Kier alpha value is 0.0700. The van der Waals surface area contributed by atoms with E-state index in [-0.39, 0.29) is 17.9 Å². The van der Waals surface area contributed by atoms with Gasteiger partial charge in [0.15, 0.2) is 0 Å². The fraction of sp³-hybridized carbons (Fsp3) is 1.00. The normalized spacial score (nSPS) is 46.3. The van der Waals surface area contributed by atoms with E-state index in [4.69, 9.17) is 0 Å². The van der Waals surface area contributed by atoms with Crippen LogP contribution in [0.2, 0.25) is 0 Å². The average molecular weight is 203 g/mol. The van der Waals surface area contributed by atoms with Gasteiger partial charge >= 0.3 is 0 Å². The first kappa shape index (κ1) is 9.62. The minimum atomic E-state index is -0.673. The third-order valence-corrected chi connectivity index (χ3v) is 4.80. The van der Waals surface area contributed by atoms with Gasteiger partial charge in [-0.05, 0) is 6.54 Å². The predicted octanol–water partition coefficient (Wildman–Crippen LogP) is -0.323. The molecule has 0 aliphatic carbocycles. The highest BCUT2D eigenvalue weighted by Crippen LogP contribution is 2.28. The van der Waals surface area contributed by atoms with E-state index in [0.29, 0.717) is 11.5 Å². The van der Waals surface area contributed by atoms with Crippen molar-refractivity contribution in [2.24, 2.45) is 11.8 Å². The fourth-order valence-corrected chi connectivity index (χ4v) is 4.14. The molecule has 1 N–H and O–H groups in total. The summed E-state index contributed by atoms with van der Waals surface area (Å²) in [5.41, 5.74) is 0. The molecule has 2 atom stereocenters. The van der Waals surface area contributed by atoms with Crippen LogP contribution in [0.25, 0.3) is 0 Å². The van der Waals surface area contributed by atoms with Crippen LogP contribution in [-0.4, -0.2) is 51.5 Å². The molecule has 2 aliphatic rings. The number of hydrogen-bond acceptors (Lipinski definition) is 3. The monoisotopic (exact) mass is 203 g/mol. The van der Waals surface area contributed by atoms with Crippen LogP contribution in [0.4, 0.5) is 0 Å². The van der Waals surface area contributed by atoms with Crippen molar-refractivity contribution in [1.29, 1.82) is 0 Å². The second-order valence-corrected chi connectivity index (χ2v) is 5.68. The zero-order chi connectivity index (χ0) is 9.42. The first-order valence-corrected chi connectivity index (χ1v) is 6.45. The lowest BCUT2D eigenvalue weighted by Crippen LogP contribution is -2.55. The van der Waals surface area contributed by atoms with E-state index < -0.39 is 10.8 Å². The van der Waals surface area contributed by atoms with Crippen LogP contribution in [0.15, 0.2) is 0 Å². The third kappa shape index (κ3) is 1.80. The smallest absolute Gasteiger partial charge is 0.0638 e. The Morgan fingerprint density at radius 3 is 2.38 bits per heavy atom. The minimum Gasteiger partial charge on any atom is -0.392 e. The Morgan fingerprint density at radius 2 is 1.92 bits per heavy atom. The van der Waals surface area contributed by atoms with E-state index >= 15 is 0 Å². The molecule has 0 aromatic carbocycles. The summed E-state index contributed by atoms with van der Waals surface area (Å²) in [6.45, 7) is 5.05. The lowest BCUT2D eigenvalue weighted by Gasteiger charge is -2.44. The maximum Gasteiger partial charge on any atom is 0.0638 e. The van der Waals surface area contributed by atoms with Crippen LogP contribution in [-0.2, 0) is 10.8 Å². The van der Waals surface area contributed by atoms with Crippen LogP contribution >= 0.6 is 0 Å². The van der Waals surface area contributed by atoms with Gasteiger partial charge in [-0.3, -0.25) is 4.21 Å². The van der Waals surface area contributed by atoms with E-state index in [1.54, 1.807) is 0 Å². The summed E-state index contributed by atoms with van der Waals surface area (Å²) >= 11 is 0. The standard InChI is InChI=1S/C9H17NO2S/c1-2-10-3-7-5-13(12)6-8(4-10)9(7)11/h7-9,11H,2-6H2,1H3. The molecule has 2 rings (SSSR count). The molecule has 2 fully saturated rings. The Labute approximate surface area is 81.6 Å². The quantitative estimate of drug-likeness (QED) is 0.635. The van der Waals surface area contributed by atoms with Crippen LogP contribution in [0, 0.1) is 11.8 Å². The number of aliphatic hydroxyl groups excluding tert-OH is 1. The van der Waals surface area contributed by atoms with Crippen molar-refractivity contribution in [3.05, 3.63) is 0 Å². The molecule has 0 aromatic heterocycles. The SMILES string of the molecule is CCN1CC2CS(=O)CC(C1)C2O. The van der Waals surface area contributed by atoms with Crippen molar-refractivity contribution in [1.82, 2.24) is 4.90 Å². The largest absolute Gasteiger partial charge is 0.392 e. The Morgan fingerprint density at radius 1 is 1.38 bits per heavy atom. The minimum absolute atomic E-state index is 0.194. The maximum atomic E-state index is 11.4. The lowest BCUT2D eigenvalue weighted by atomic mass is 9.87. The zero-order valence-electron chi connectivity index (χ0n) is 7.98. The van der Waals surface area contributed by atoms with Crippen LogP contribution < -0.4 is 0 Å². The molecule has 2 unspecified atom stereocenters. The number of piperidine rings is 1. The molecule has 0 spiro atoms. The van der Waals surface area contributed by atoms with Gasteiger partial charge in [-0.1, -0.05) is 6.92 Å². The van der Waals surface area contributed by atoms with E-state index in [0.717, 1.165) is 19.6 Å². The molecule has 0 radical (unpaired) electrons. The van der Waals surface area contributed by atoms with Gasteiger partial charge < -0.3 is 10.0 Å². The second-order valence-electron chi connectivity index (χ2n) is 4.14. The number of fused-ring (bicyclic) bond motifs is 2. The summed E-state index contributed by atoms with van der Waals surface area (Å²) in [7, 11) is -0.673. The average Bonchev–Trinajstić information content (AvgIpc) is 2.07. The maximum absolute atomic E-state index is 11.4. The number of hydrogen-bond donors (Lipinski definition) is 1. The van der Waals surface area contributed by atoms with Gasteiger partial charge in [0.1, 0.15) is 0 Å². The Balaban J connectivity index is 2.08. The molecule has 2 heterocycles. The van der Waals surface area contributed by atoms with E-state index in [1.165, 1.54) is 0 Å². The molecule has 4 heteroatoms. The summed E-state index contributed by atoms with van der Waals surface area (Å²) in [6, 6.07) is 0. The van der Waals surface area contributed by atoms with Gasteiger partial charge in [-0.25, -0.2) is 0 Å². The highest BCUT2D eigenvalue weighted by molar-refractivity contribution is 7.85. The summed E-state index contributed by atoms with van der Waals surface area (Å²) in [4.78, 5) is 2.36. The molecular formula is C9H17NO2S. The zero-order valence-corrected chi connectivity index (χ0v) is 8.80. The molecule has 76 valence electrons. The van der Waals surface area contributed by atoms with Crippen molar-refractivity contribution >= 4 is 10.8 Å². The van der Waals surface area contributed by atoms with Gasteiger partial charge in [0, 0.05) is 47.2 Å². The summed E-state index contributed by atoms with van der Waals surface area (Å²) in [5, 5.41) is 9.86. The van der Waals surface area contributed by atoms with Crippen LogP contribution in [0.3, 0.4) is 0 Å². The topological polar surface area (TPSA) is 40.5 Å². The van der Waals surface area contributed by atoms with E-state index in [2.05, 4.69) is 11.8 Å². The number of aliphatic hydroxyl groups is 1. The Bertz CT molecular complexity index is 204. The fourth-order valence-electron chi connectivity index (χ4n) is 2.45. The molecule has 0 amide bonds. The van der Waals surface area contributed by atoms with Gasteiger partial charge in [-0.2, -0.15) is 0 Å². The molecule has 3 nitrogen and oxygen atoms in total. The highest BCUT2D eigenvalue weighted by atomic mass is 32.2. The van der Waals surface area contributed by atoms with Crippen molar-refractivity contribution in [2.45, 2.75) is 13.0 Å². The molecule has 2 bridgehead atoms. The van der Waals surface area contributed by atoms with Crippen LogP contribution in [0.1, 0.15) is 6.92 Å². The van der Waals surface area contributed by atoms with Crippen molar-refractivity contribution in [3.63, 3.8) is 0 Å². The summed E-state index contributed by atoms with van der Waals surface area (Å²) < 4.78 is 11.4. The summed E-state index contributed by atoms with van der Waals surface area (Å²) in [5.74, 6) is 1.92. The van der Waals surface area contributed by atoms with Crippen molar-refractivity contribution in [3.8, 4) is 0 Å². The van der Waals surface area contributed by atoms with Gasteiger partial charge in [0.25, 0.3) is 0 Å². The first-order chi connectivity index (χ1) is 6.20. The van der Waals surface area contributed by atoms with E-state index in [1.807, 2.05) is 0 Å². The van der Waals surface area contributed by atoms with Crippen LogP contribution in [0.5, 0.6) is 0 Å². The number of likely N-dealkylation sites (tertiary alicyclic amines) is 1. The van der Waals surface area contributed by atoms with Crippen molar-refractivity contribution in [2.75, 3.05) is 31.1 Å². The molecule has 0 saturated carbocycles. The van der Waals surface area contributed by atoms with Crippen molar-refractivity contribution < 1.29 is 9.32 Å².